The fourth-order valence-corrected chi connectivity index (χ4v) is 2.73. The second-order valence-electron chi connectivity index (χ2n) is 3.90. The van der Waals surface area contributed by atoms with Crippen molar-refractivity contribution in [1.82, 2.24) is 4.98 Å². The van der Waals surface area contributed by atoms with Gasteiger partial charge in [0.2, 0.25) is 0 Å². The summed E-state index contributed by atoms with van der Waals surface area (Å²) in [5, 5.41) is 3.47. The van der Waals surface area contributed by atoms with Crippen LogP contribution in [-0.2, 0) is 13.0 Å². The Bertz CT molecular complexity index is 508. The molecule has 2 aromatic rings. The summed E-state index contributed by atoms with van der Waals surface area (Å²) < 4.78 is 0.599. The molecule has 0 saturated heterocycles. The number of benzene rings is 1. The third kappa shape index (κ3) is 2.99. The van der Waals surface area contributed by atoms with Gasteiger partial charge in [-0.15, -0.1) is 11.3 Å². The summed E-state index contributed by atoms with van der Waals surface area (Å²) in [7, 11) is 0. The molecule has 1 aromatic carbocycles. The quantitative estimate of drug-likeness (QED) is 0.893. The van der Waals surface area contributed by atoms with Crippen LogP contribution in [0.15, 0.2) is 24.4 Å². The van der Waals surface area contributed by atoms with Crippen LogP contribution in [0.5, 0.6) is 0 Å². The molecule has 1 aromatic heterocycles. The molecule has 2 nitrogen and oxygen atoms in total. The molecule has 0 bridgehead atoms. The van der Waals surface area contributed by atoms with Crippen LogP contribution in [0.1, 0.15) is 22.9 Å². The standard InChI is InChI=1S/C13H15ClN2S/c1-3-10-6-4-5-9(2)12(10)15-7-11-8-16-13(14)17-11/h4-6,8,15H,3,7H2,1-2H3. The molecule has 0 amide bonds. The van der Waals surface area contributed by atoms with Crippen LogP contribution < -0.4 is 5.32 Å². The summed E-state index contributed by atoms with van der Waals surface area (Å²) in [4.78, 5) is 5.19. The van der Waals surface area contributed by atoms with E-state index in [2.05, 4.69) is 42.3 Å². The fourth-order valence-electron chi connectivity index (χ4n) is 1.82. The van der Waals surface area contributed by atoms with Gasteiger partial charge in [0.15, 0.2) is 4.47 Å². The summed E-state index contributed by atoms with van der Waals surface area (Å²) in [6, 6.07) is 6.39. The smallest absolute Gasteiger partial charge is 0.183 e. The molecule has 1 N–H and O–H groups in total. The van der Waals surface area contributed by atoms with Crippen molar-refractivity contribution in [3.63, 3.8) is 0 Å². The Morgan fingerprint density at radius 2 is 2.24 bits per heavy atom. The molecule has 0 atom stereocenters. The van der Waals surface area contributed by atoms with E-state index in [0.29, 0.717) is 4.47 Å². The number of aromatic nitrogens is 1. The number of rotatable bonds is 4. The first-order valence-electron chi connectivity index (χ1n) is 5.63. The number of para-hydroxylation sites is 1. The van der Waals surface area contributed by atoms with E-state index >= 15 is 0 Å². The molecule has 0 aliphatic heterocycles. The average molecular weight is 267 g/mol. The van der Waals surface area contributed by atoms with Gasteiger partial charge in [0.25, 0.3) is 0 Å². The molecule has 90 valence electrons. The number of hydrogen-bond acceptors (Lipinski definition) is 3. The number of thiazole rings is 1. The van der Waals surface area contributed by atoms with E-state index in [1.54, 1.807) is 0 Å². The third-order valence-corrected chi connectivity index (χ3v) is 3.82. The van der Waals surface area contributed by atoms with Gasteiger partial charge in [-0.3, -0.25) is 0 Å². The first-order chi connectivity index (χ1) is 8.20. The highest BCUT2D eigenvalue weighted by molar-refractivity contribution is 7.15. The van der Waals surface area contributed by atoms with Crippen LogP contribution in [0.4, 0.5) is 5.69 Å². The van der Waals surface area contributed by atoms with E-state index in [4.69, 9.17) is 11.6 Å². The van der Waals surface area contributed by atoms with Crippen molar-refractivity contribution in [2.75, 3.05) is 5.32 Å². The minimum atomic E-state index is 0.599. The first-order valence-corrected chi connectivity index (χ1v) is 6.82. The monoisotopic (exact) mass is 266 g/mol. The topological polar surface area (TPSA) is 24.9 Å². The zero-order valence-electron chi connectivity index (χ0n) is 9.96. The van der Waals surface area contributed by atoms with Gasteiger partial charge in [-0.2, -0.15) is 0 Å². The lowest BCUT2D eigenvalue weighted by Gasteiger charge is -2.13. The molecule has 0 radical (unpaired) electrons. The molecule has 0 fully saturated rings. The summed E-state index contributed by atoms with van der Waals surface area (Å²) in [6.07, 6.45) is 2.86. The van der Waals surface area contributed by atoms with Gasteiger partial charge in [-0.1, -0.05) is 36.7 Å². The second kappa shape index (κ2) is 5.52. The lowest BCUT2D eigenvalue weighted by molar-refractivity contribution is 1.09. The Labute approximate surface area is 111 Å². The molecule has 17 heavy (non-hydrogen) atoms. The van der Waals surface area contributed by atoms with Crippen LogP contribution in [-0.4, -0.2) is 4.98 Å². The number of hydrogen-bond donors (Lipinski definition) is 1. The van der Waals surface area contributed by atoms with Crippen LogP contribution in [0.2, 0.25) is 4.47 Å². The summed E-state index contributed by atoms with van der Waals surface area (Å²) in [5.41, 5.74) is 3.86. The molecule has 0 saturated carbocycles. The zero-order chi connectivity index (χ0) is 12.3. The first kappa shape index (κ1) is 12.4. The lowest BCUT2D eigenvalue weighted by Crippen LogP contribution is -2.02. The van der Waals surface area contributed by atoms with E-state index in [1.807, 2.05) is 6.20 Å². The van der Waals surface area contributed by atoms with Crippen LogP contribution in [0.25, 0.3) is 0 Å². The maximum atomic E-state index is 5.81. The molecular formula is C13H15ClN2S. The van der Waals surface area contributed by atoms with Crippen molar-refractivity contribution in [2.45, 2.75) is 26.8 Å². The summed E-state index contributed by atoms with van der Waals surface area (Å²) >= 11 is 7.33. The molecule has 0 aliphatic rings. The lowest BCUT2D eigenvalue weighted by atomic mass is 10.1. The van der Waals surface area contributed by atoms with Crippen LogP contribution in [0, 0.1) is 6.92 Å². The number of halogens is 1. The molecule has 2 rings (SSSR count). The Kier molecular flexibility index (Phi) is 4.02. The molecule has 0 spiro atoms. The Morgan fingerprint density at radius 1 is 1.41 bits per heavy atom. The van der Waals surface area contributed by atoms with E-state index in [9.17, 15) is 0 Å². The third-order valence-electron chi connectivity index (χ3n) is 2.70. The van der Waals surface area contributed by atoms with Gasteiger partial charge in [-0.05, 0) is 24.5 Å². The highest BCUT2D eigenvalue weighted by Gasteiger charge is 2.05. The zero-order valence-corrected chi connectivity index (χ0v) is 11.5. The van der Waals surface area contributed by atoms with Gasteiger partial charge in [0, 0.05) is 16.8 Å². The summed E-state index contributed by atoms with van der Waals surface area (Å²) in [5.74, 6) is 0. The average Bonchev–Trinajstić information content (AvgIpc) is 2.73. The Morgan fingerprint density at radius 3 is 2.88 bits per heavy atom. The minimum Gasteiger partial charge on any atom is -0.380 e. The number of anilines is 1. The molecule has 4 heteroatoms. The van der Waals surface area contributed by atoms with Crippen molar-refractivity contribution in [3.05, 3.63) is 44.9 Å². The Hall–Kier alpha value is -1.06. The summed E-state index contributed by atoms with van der Waals surface area (Å²) in [6.45, 7) is 5.08. The van der Waals surface area contributed by atoms with E-state index in [1.165, 1.54) is 28.2 Å². The van der Waals surface area contributed by atoms with Gasteiger partial charge in [0.05, 0.1) is 6.54 Å². The Balaban J connectivity index is 2.13. The highest BCUT2D eigenvalue weighted by Crippen LogP contribution is 2.23. The van der Waals surface area contributed by atoms with Crippen LogP contribution in [0.3, 0.4) is 0 Å². The molecular weight excluding hydrogens is 252 g/mol. The normalized spacial score (nSPS) is 10.5. The predicted molar refractivity (Wildman–Crippen MR) is 75.0 cm³/mol. The van der Waals surface area contributed by atoms with Crippen molar-refractivity contribution in [2.24, 2.45) is 0 Å². The minimum absolute atomic E-state index is 0.599. The largest absolute Gasteiger partial charge is 0.380 e. The van der Waals surface area contributed by atoms with Gasteiger partial charge in [-0.25, -0.2) is 4.98 Å². The van der Waals surface area contributed by atoms with Crippen molar-refractivity contribution < 1.29 is 0 Å². The van der Waals surface area contributed by atoms with Crippen LogP contribution >= 0.6 is 22.9 Å². The van der Waals surface area contributed by atoms with E-state index in [0.717, 1.165) is 17.8 Å². The van der Waals surface area contributed by atoms with Gasteiger partial charge in [0.1, 0.15) is 0 Å². The molecule has 1 heterocycles. The van der Waals surface area contributed by atoms with Crippen molar-refractivity contribution in [3.8, 4) is 0 Å². The van der Waals surface area contributed by atoms with Crippen molar-refractivity contribution in [1.29, 1.82) is 0 Å². The fraction of sp³-hybridized carbons (Fsp3) is 0.308. The maximum Gasteiger partial charge on any atom is 0.183 e. The molecule has 0 unspecified atom stereocenters. The molecule has 0 aliphatic carbocycles. The highest BCUT2D eigenvalue weighted by atomic mass is 35.5. The number of nitrogens with zero attached hydrogens (tertiary/aromatic N) is 1. The SMILES string of the molecule is CCc1cccc(C)c1NCc1cnc(Cl)s1. The number of nitrogens with one attached hydrogen (secondary N) is 1. The van der Waals surface area contributed by atoms with E-state index in [-0.39, 0.29) is 0 Å². The maximum absolute atomic E-state index is 5.81. The van der Waals surface area contributed by atoms with Gasteiger partial charge >= 0.3 is 0 Å². The number of aryl methyl sites for hydroxylation is 2. The second-order valence-corrected chi connectivity index (χ2v) is 5.59. The van der Waals surface area contributed by atoms with Crippen molar-refractivity contribution >= 4 is 28.6 Å². The van der Waals surface area contributed by atoms with Gasteiger partial charge < -0.3 is 5.32 Å². The predicted octanol–water partition coefficient (Wildman–Crippen LogP) is 4.28. The van der Waals surface area contributed by atoms with E-state index < -0.39 is 0 Å².